The Kier molecular flexibility index (Phi) is 6.64. The Hall–Kier alpha value is -2.76. The molecule has 3 heterocycles. The number of rotatable bonds is 6. The molecule has 2 amide bonds. The van der Waals surface area contributed by atoms with Crippen molar-refractivity contribution in [1.29, 1.82) is 0 Å². The first kappa shape index (κ1) is 21.5. The minimum atomic E-state index is -0.218. The fraction of sp³-hybridized carbons (Fsp3) is 0.480. The number of nitrogens with one attached hydrogen (secondary N) is 1. The molecular formula is C25H30FN3O2. The van der Waals surface area contributed by atoms with Gasteiger partial charge in [-0.25, -0.2) is 4.39 Å². The van der Waals surface area contributed by atoms with Crippen molar-refractivity contribution in [2.75, 3.05) is 13.1 Å². The maximum Gasteiger partial charge on any atom is 0.222 e. The van der Waals surface area contributed by atoms with Crippen molar-refractivity contribution >= 4 is 11.8 Å². The van der Waals surface area contributed by atoms with Crippen LogP contribution in [0.5, 0.6) is 0 Å². The van der Waals surface area contributed by atoms with E-state index in [0.29, 0.717) is 18.8 Å². The molecule has 2 saturated heterocycles. The van der Waals surface area contributed by atoms with E-state index in [-0.39, 0.29) is 23.7 Å². The molecule has 0 radical (unpaired) electrons. The number of pyridine rings is 1. The summed E-state index contributed by atoms with van der Waals surface area (Å²) in [6.45, 7) is 3.52. The quantitative estimate of drug-likeness (QED) is 0.767. The van der Waals surface area contributed by atoms with Crippen LogP contribution in [0.4, 0.5) is 4.39 Å². The van der Waals surface area contributed by atoms with E-state index in [1.54, 1.807) is 0 Å². The minimum absolute atomic E-state index is 0.0997. The standard InChI is InChI=1S/C25H30FN3O2/c1-17-14-19(15-18-2-4-21(26)5-3-18)16-23(27-17)20-10-12-29(13-11-20)25(31)9-7-22-6-8-24(30)28-22/h2-5,14,16,20,22H,6-13,15H2,1H3,(H,28,30)/t22-/m1/s1. The van der Waals surface area contributed by atoms with Gasteiger partial charge in [0, 0.05) is 49.3 Å². The summed E-state index contributed by atoms with van der Waals surface area (Å²) in [5, 5.41) is 2.93. The van der Waals surface area contributed by atoms with Crippen molar-refractivity contribution in [3.8, 4) is 0 Å². The van der Waals surface area contributed by atoms with Gasteiger partial charge in [-0.05, 0) is 74.4 Å². The van der Waals surface area contributed by atoms with E-state index < -0.39 is 0 Å². The molecule has 1 N–H and O–H groups in total. The number of likely N-dealkylation sites (tertiary alicyclic amines) is 1. The van der Waals surface area contributed by atoms with Crippen LogP contribution in [0, 0.1) is 12.7 Å². The molecular weight excluding hydrogens is 393 g/mol. The summed E-state index contributed by atoms with van der Waals surface area (Å²) >= 11 is 0. The molecule has 0 aliphatic carbocycles. The molecule has 5 nitrogen and oxygen atoms in total. The van der Waals surface area contributed by atoms with Gasteiger partial charge >= 0.3 is 0 Å². The SMILES string of the molecule is Cc1cc(Cc2ccc(F)cc2)cc(C2CCN(C(=O)CC[C@H]3CCC(=O)N3)CC2)n1. The number of aromatic nitrogens is 1. The Balaban J connectivity index is 1.31. The van der Waals surface area contributed by atoms with Gasteiger partial charge in [0.2, 0.25) is 11.8 Å². The number of hydrogen-bond donors (Lipinski definition) is 1. The van der Waals surface area contributed by atoms with Gasteiger partial charge in [0.1, 0.15) is 5.82 Å². The van der Waals surface area contributed by atoms with Crippen LogP contribution >= 0.6 is 0 Å². The number of carbonyl (C=O) groups excluding carboxylic acids is 2. The Morgan fingerprint density at radius 3 is 2.55 bits per heavy atom. The number of benzene rings is 1. The van der Waals surface area contributed by atoms with Gasteiger partial charge in [-0.1, -0.05) is 12.1 Å². The lowest BCUT2D eigenvalue weighted by Crippen LogP contribution is -2.38. The maximum atomic E-state index is 13.2. The van der Waals surface area contributed by atoms with Gasteiger partial charge in [0.15, 0.2) is 0 Å². The molecule has 1 aromatic carbocycles. The molecule has 6 heteroatoms. The highest BCUT2D eigenvalue weighted by Crippen LogP contribution is 2.29. The maximum absolute atomic E-state index is 13.2. The molecule has 0 saturated carbocycles. The van der Waals surface area contributed by atoms with Crippen LogP contribution in [-0.4, -0.2) is 40.8 Å². The summed E-state index contributed by atoms with van der Waals surface area (Å²) in [6, 6.07) is 11.1. The normalized spacial score (nSPS) is 19.5. The first-order valence-electron chi connectivity index (χ1n) is 11.3. The van der Waals surface area contributed by atoms with E-state index in [2.05, 4.69) is 17.4 Å². The Bertz CT molecular complexity index is 936. The molecule has 2 fully saturated rings. The number of halogens is 1. The summed E-state index contributed by atoms with van der Waals surface area (Å²) < 4.78 is 13.2. The van der Waals surface area contributed by atoms with Crippen molar-refractivity contribution in [1.82, 2.24) is 15.2 Å². The summed E-state index contributed by atoms with van der Waals surface area (Å²) in [4.78, 5) is 30.6. The molecule has 1 aromatic heterocycles. The van der Waals surface area contributed by atoms with E-state index in [4.69, 9.17) is 4.98 Å². The smallest absolute Gasteiger partial charge is 0.222 e. The molecule has 0 spiro atoms. The molecule has 31 heavy (non-hydrogen) atoms. The fourth-order valence-electron chi connectivity index (χ4n) is 4.69. The van der Waals surface area contributed by atoms with Crippen molar-refractivity contribution < 1.29 is 14.0 Å². The first-order valence-corrected chi connectivity index (χ1v) is 11.3. The number of amides is 2. The average Bonchev–Trinajstić information content (AvgIpc) is 3.18. The van der Waals surface area contributed by atoms with Crippen molar-refractivity contribution in [2.24, 2.45) is 0 Å². The third-order valence-corrected chi connectivity index (χ3v) is 6.41. The van der Waals surface area contributed by atoms with Crippen LogP contribution in [-0.2, 0) is 16.0 Å². The third-order valence-electron chi connectivity index (χ3n) is 6.41. The average molecular weight is 424 g/mol. The number of nitrogens with zero attached hydrogens (tertiary/aromatic N) is 2. The summed E-state index contributed by atoms with van der Waals surface area (Å²) in [7, 11) is 0. The van der Waals surface area contributed by atoms with Gasteiger partial charge < -0.3 is 10.2 Å². The molecule has 2 aromatic rings. The van der Waals surface area contributed by atoms with Gasteiger partial charge in [0.05, 0.1) is 0 Å². The largest absolute Gasteiger partial charge is 0.353 e. The van der Waals surface area contributed by atoms with Crippen LogP contribution in [0.15, 0.2) is 36.4 Å². The molecule has 0 unspecified atom stereocenters. The predicted octanol–water partition coefficient (Wildman–Crippen LogP) is 3.88. The number of hydrogen-bond acceptors (Lipinski definition) is 3. The first-order chi connectivity index (χ1) is 15.0. The monoisotopic (exact) mass is 423 g/mol. The third kappa shape index (κ3) is 5.69. The van der Waals surface area contributed by atoms with E-state index in [0.717, 1.165) is 62.1 Å². The lowest BCUT2D eigenvalue weighted by Gasteiger charge is -2.32. The highest BCUT2D eigenvalue weighted by Gasteiger charge is 2.26. The van der Waals surface area contributed by atoms with Crippen LogP contribution in [0.1, 0.15) is 67.0 Å². The predicted molar refractivity (Wildman–Crippen MR) is 117 cm³/mol. The summed E-state index contributed by atoms with van der Waals surface area (Å²) in [5.41, 5.74) is 4.35. The van der Waals surface area contributed by atoms with Crippen LogP contribution < -0.4 is 5.32 Å². The lowest BCUT2D eigenvalue weighted by atomic mass is 9.91. The van der Waals surface area contributed by atoms with Crippen molar-refractivity contribution in [2.45, 2.75) is 63.8 Å². The van der Waals surface area contributed by atoms with Gasteiger partial charge in [-0.3, -0.25) is 14.6 Å². The lowest BCUT2D eigenvalue weighted by molar-refractivity contribution is -0.132. The van der Waals surface area contributed by atoms with Gasteiger partial charge in [-0.2, -0.15) is 0 Å². The van der Waals surface area contributed by atoms with Crippen molar-refractivity contribution in [3.05, 3.63) is 64.7 Å². The molecule has 2 aliphatic heterocycles. The van der Waals surface area contributed by atoms with E-state index >= 15 is 0 Å². The van der Waals surface area contributed by atoms with Gasteiger partial charge in [0.25, 0.3) is 0 Å². The van der Waals surface area contributed by atoms with Crippen LogP contribution in [0.2, 0.25) is 0 Å². The fourth-order valence-corrected chi connectivity index (χ4v) is 4.69. The van der Waals surface area contributed by atoms with Crippen LogP contribution in [0.3, 0.4) is 0 Å². The van der Waals surface area contributed by atoms with Crippen LogP contribution in [0.25, 0.3) is 0 Å². The number of carbonyl (C=O) groups is 2. The zero-order valence-corrected chi connectivity index (χ0v) is 18.1. The Morgan fingerprint density at radius 1 is 1.13 bits per heavy atom. The molecule has 0 bridgehead atoms. The summed E-state index contributed by atoms with van der Waals surface area (Å²) in [6.07, 6.45) is 5.24. The van der Waals surface area contributed by atoms with Gasteiger partial charge in [-0.15, -0.1) is 0 Å². The second kappa shape index (κ2) is 9.58. The number of piperidine rings is 1. The Morgan fingerprint density at radius 2 is 1.87 bits per heavy atom. The van der Waals surface area contributed by atoms with E-state index in [9.17, 15) is 14.0 Å². The van der Waals surface area contributed by atoms with Crippen molar-refractivity contribution in [3.63, 3.8) is 0 Å². The molecule has 1 atom stereocenters. The van der Waals surface area contributed by atoms with E-state index in [1.165, 1.54) is 17.7 Å². The highest BCUT2D eigenvalue weighted by molar-refractivity contribution is 5.79. The topological polar surface area (TPSA) is 62.3 Å². The number of aryl methyl sites for hydroxylation is 1. The zero-order valence-electron chi connectivity index (χ0n) is 18.1. The zero-order chi connectivity index (χ0) is 21.8. The second-order valence-electron chi connectivity index (χ2n) is 8.84. The Labute approximate surface area is 183 Å². The summed E-state index contributed by atoms with van der Waals surface area (Å²) in [5.74, 6) is 0.422. The second-order valence-corrected chi connectivity index (χ2v) is 8.84. The molecule has 4 rings (SSSR count). The molecule has 2 aliphatic rings. The highest BCUT2D eigenvalue weighted by atomic mass is 19.1. The molecule has 164 valence electrons. The minimum Gasteiger partial charge on any atom is -0.353 e. The van der Waals surface area contributed by atoms with E-state index in [1.807, 2.05) is 24.0 Å².